The minimum atomic E-state index is -0.505. The zero-order chi connectivity index (χ0) is 21.4. The van der Waals surface area contributed by atoms with E-state index in [2.05, 4.69) is 43.4 Å². The molecule has 4 heteroatoms. The standard InChI is InChI=1S/C25H34N2O2/c1-18(2)17-26-25(29)21(5)27(14-13-22-9-7-6-8-10-22)24(28)16-23-15-19(3)11-12-20(23)4/h6-12,15,18,21H,13-14,16-17H2,1-5H3,(H,26,29)/t21-/m1/s1. The van der Waals surface area contributed by atoms with E-state index in [0.717, 1.165) is 28.7 Å². The average Bonchev–Trinajstić information content (AvgIpc) is 2.69. The smallest absolute Gasteiger partial charge is 0.242 e. The highest BCUT2D eigenvalue weighted by Crippen LogP contribution is 2.14. The van der Waals surface area contributed by atoms with Crippen LogP contribution in [0.5, 0.6) is 0 Å². The van der Waals surface area contributed by atoms with Crippen LogP contribution in [0.4, 0.5) is 0 Å². The lowest BCUT2D eigenvalue weighted by Gasteiger charge is -2.29. The fourth-order valence-corrected chi connectivity index (χ4v) is 3.28. The van der Waals surface area contributed by atoms with Crippen LogP contribution < -0.4 is 5.32 Å². The van der Waals surface area contributed by atoms with Gasteiger partial charge in [-0.15, -0.1) is 0 Å². The Morgan fingerprint density at radius 3 is 2.34 bits per heavy atom. The molecule has 29 heavy (non-hydrogen) atoms. The number of carbonyl (C=O) groups excluding carboxylic acids is 2. The maximum atomic E-state index is 13.2. The van der Waals surface area contributed by atoms with Crippen molar-refractivity contribution in [2.75, 3.05) is 13.1 Å². The molecule has 0 aliphatic carbocycles. The van der Waals surface area contributed by atoms with E-state index in [-0.39, 0.29) is 11.8 Å². The molecule has 2 aromatic carbocycles. The summed E-state index contributed by atoms with van der Waals surface area (Å²) < 4.78 is 0. The van der Waals surface area contributed by atoms with Crippen molar-refractivity contribution in [3.8, 4) is 0 Å². The number of hydrogen-bond acceptors (Lipinski definition) is 2. The van der Waals surface area contributed by atoms with Gasteiger partial charge in [0.25, 0.3) is 0 Å². The van der Waals surface area contributed by atoms with Crippen molar-refractivity contribution in [2.45, 2.75) is 53.5 Å². The van der Waals surface area contributed by atoms with E-state index < -0.39 is 6.04 Å². The van der Waals surface area contributed by atoms with E-state index in [9.17, 15) is 9.59 Å². The third kappa shape index (κ3) is 7.04. The quantitative estimate of drug-likeness (QED) is 0.697. The summed E-state index contributed by atoms with van der Waals surface area (Å²) in [6.45, 7) is 11.1. The number of nitrogens with zero attached hydrogens (tertiary/aromatic N) is 1. The minimum Gasteiger partial charge on any atom is -0.354 e. The molecule has 156 valence electrons. The zero-order valence-electron chi connectivity index (χ0n) is 18.4. The Hall–Kier alpha value is -2.62. The van der Waals surface area contributed by atoms with Gasteiger partial charge in [0.15, 0.2) is 0 Å². The average molecular weight is 395 g/mol. The fourth-order valence-electron chi connectivity index (χ4n) is 3.28. The second-order valence-corrected chi connectivity index (χ2v) is 8.24. The Labute approximate surface area is 175 Å². The third-order valence-electron chi connectivity index (χ3n) is 5.18. The Bertz CT molecular complexity index is 815. The van der Waals surface area contributed by atoms with Crippen LogP contribution in [0.1, 0.15) is 43.0 Å². The van der Waals surface area contributed by atoms with Gasteiger partial charge in [-0.3, -0.25) is 9.59 Å². The number of carbonyl (C=O) groups is 2. The summed E-state index contributed by atoms with van der Waals surface area (Å²) in [5.41, 5.74) is 4.42. The van der Waals surface area contributed by atoms with Gasteiger partial charge in [0, 0.05) is 13.1 Å². The van der Waals surface area contributed by atoms with E-state index in [0.29, 0.717) is 25.4 Å². The van der Waals surface area contributed by atoms with Crippen molar-refractivity contribution in [3.05, 3.63) is 70.8 Å². The number of rotatable bonds is 9. The van der Waals surface area contributed by atoms with Crippen molar-refractivity contribution in [1.29, 1.82) is 0 Å². The Morgan fingerprint density at radius 1 is 1.00 bits per heavy atom. The molecule has 0 unspecified atom stereocenters. The van der Waals surface area contributed by atoms with Crippen LogP contribution in [0.25, 0.3) is 0 Å². The summed E-state index contributed by atoms with van der Waals surface area (Å²) in [7, 11) is 0. The number of nitrogens with one attached hydrogen (secondary N) is 1. The van der Waals surface area contributed by atoms with Crippen LogP contribution >= 0.6 is 0 Å². The molecule has 0 saturated heterocycles. The number of hydrogen-bond donors (Lipinski definition) is 1. The monoisotopic (exact) mass is 394 g/mol. The predicted octanol–water partition coefficient (Wildman–Crippen LogP) is 4.08. The molecule has 2 aromatic rings. The summed E-state index contributed by atoms with van der Waals surface area (Å²) in [5.74, 6) is 0.262. The number of benzene rings is 2. The molecule has 0 spiro atoms. The first kappa shape index (κ1) is 22.7. The highest BCUT2D eigenvalue weighted by Gasteiger charge is 2.26. The van der Waals surface area contributed by atoms with Gasteiger partial charge in [0.2, 0.25) is 11.8 Å². The molecular formula is C25H34N2O2. The molecule has 0 radical (unpaired) electrons. The third-order valence-corrected chi connectivity index (χ3v) is 5.18. The molecule has 0 heterocycles. The van der Waals surface area contributed by atoms with Gasteiger partial charge in [-0.2, -0.15) is 0 Å². The highest BCUT2D eigenvalue weighted by atomic mass is 16.2. The zero-order valence-corrected chi connectivity index (χ0v) is 18.4. The lowest BCUT2D eigenvalue weighted by Crippen LogP contribution is -2.49. The summed E-state index contributed by atoms with van der Waals surface area (Å²) in [6, 6.07) is 15.7. The molecule has 0 bridgehead atoms. The van der Waals surface area contributed by atoms with Crippen LogP contribution in [-0.2, 0) is 22.4 Å². The molecule has 1 N–H and O–H groups in total. The van der Waals surface area contributed by atoms with Crippen molar-refractivity contribution in [3.63, 3.8) is 0 Å². The van der Waals surface area contributed by atoms with Gasteiger partial charge in [-0.1, -0.05) is 67.9 Å². The molecule has 0 aliphatic rings. The molecule has 0 aromatic heterocycles. The maximum Gasteiger partial charge on any atom is 0.242 e. The Morgan fingerprint density at radius 2 is 1.69 bits per heavy atom. The molecule has 0 saturated carbocycles. The summed E-state index contributed by atoms with van der Waals surface area (Å²) in [5, 5.41) is 2.97. The van der Waals surface area contributed by atoms with Crippen molar-refractivity contribution < 1.29 is 9.59 Å². The van der Waals surface area contributed by atoms with Crippen LogP contribution in [0.3, 0.4) is 0 Å². The fraction of sp³-hybridized carbons (Fsp3) is 0.440. The normalized spacial score (nSPS) is 11.9. The topological polar surface area (TPSA) is 49.4 Å². The van der Waals surface area contributed by atoms with Crippen LogP contribution in [0, 0.1) is 19.8 Å². The van der Waals surface area contributed by atoms with E-state index in [1.54, 1.807) is 4.90 Å². The summed E-state index contributed by atoms with van der Waals surface area (Å²) in [4.78, 5) is 27.6. The molecule has 0 aliphatic heterocycles. The van der Waals surface area contributed by atoms with Gasteiger partial charge >= 0.3 is 0 Å². The Kier molecular flexibility index (Phi) is 8.44. The lowest BCUT2D eigenvalue weighted by atomic mass is 10.0. The second-order valence-electron chi connectivity index (χ2n) is 8.24. The van der Waals surface area contributed by atoms with Crippen LogP contribution in [0.15, 0.2) is 48.5 Å². The van der Waals surface area contributed by atoms with Gasteiger partial charge in [-0.25, -0.2) is 0 Å². The second kappa shape index (κ2) is 10.8. The van der Waals surface area contributed by atoms with Gasteiger partial charge in [0.1, 0.15) is 6.04 Å². The van der Waals surface area contributed by atoms with E-state index in [1.165, 1.54) is 0 Å². The summed E-state index contributed by atoms with van der Waals surface area (Å²) >= 11 is 0. The SMILES string of the molecule is Cc1ccc(C)c(CC(=O)N(CCc2ccccc2)[C@H](C)C(=O)NCC(C)C)c1. The number of amides is 2. The highest BCUT2D eigenvalue weighted by molar-refractivity contribution is 5.88. The first-order valence-electron chi connectivity index (χ1n) is 10.4. The van der Waals surface area contributed by atoms with Crippen molar-refractivity contribution in [1.82, 2.24) is 10.2 Å². The van der Waals surface area contributed by atoms with E-state index in [4.69, 9.17) is 0 Å². The summed E-state index contributed by atoms with van der Waals surface area (Å²) in [6.07, 6.45) is 1.03. The van der Waals surface area contributed by atoms with E-state index in [1.807, 2.05) is 45.0 Å². The van der Waals surface area contributed by atoms with Crippen molar-refractivity contribution in [2.24, 2.45) is 5.92 Å². The predicted molar refractivity (Wildman–Crippen MR) is 119 cm³/mol. The number of aryl methyl sites for hydroxylation is 2. The van der Waals surface area contributed by atoms with Crippen LogP contribution in [0.2, 0.25) is 0 Å². The maximum absolute atomic E-state index is 13.2. The van der Waals surface area contributed by atoms with Gasteiger partial charge in [-0.05, 0) is 49.8 Å². The molecule has 2 amide bonds. The first-order chi connectivity index (χ1) is 13.8. The molecule has 1 atom stereocenters. The molecule has 0 fully saturated rings. The van der Waals surface area contributed by atoms with Crippen molar-refractivity contribution >= 4 is 11.8 Å². The largest absolute Gasteiger partial charge is 0.354 e. The van der Waals surface area contributed by atoms with Gasteiger partial charge in [0.05, 0.1) is 6.42 Å². The molecular weight excluding hydrogens is 360 g/mol. The molecule has 2 rings (SSSR count). The Balaban J connectivity index is 2.16. The first-order valence-corrected chi connectivity index (χ1v) is 10.4. The van der Waals surface area contributed by atoms with Crippen LogP contribution in [-0.4, -0.2) is 35.8 Å². The molecule has 4 nitrogen and oxygen atoms in total. The minimum absolute atomic E-state index is 0.0122. The van der Waals surface area contributed by atoms with E-state index >= 15 is 0 Å². The lowest BCUT2D eigenvalue weighted by molar-refractivity contribution is -0.139. The van der Waals surface area contributed by atoms with Gasteiger partial charge < -0.3 is 10.2 Å².